The van der Waals surface area contributed by atoms with Crippen molar-refractivity contribution in [3.8, 4) is 0 Å². The number of amides is 3. The molecule has 2 unspecified atom stereocenters. The summed E-state index contributed by atoms with van der Waals surface area (Å²) >= 11 is 1.34. The number of hydrogen-bond donors (Lipinski definition) is 3. The summed E-state index contributed by atoms with van der Waals surface area (Å²) in [5, 5.41) is 7.76. The lowest BCUT2D eigenvalue weighted by atomic mass is 10.0. The van der Waals surface area contributed by atoms with E-state index in [0.717, 1.165) is 11.3 Å². The van der Waals surface area contributed by atoms with Crippen molar-refractivity contribution in [3.05, 3.63) is 47.0 Å². The number of nitrogens with zero attached hydrogens (tertiary/aromatic N) is 2. The van der Waals surface area contributed by atoms with E-state index in [9.17, 15) is 14.4 Å². The van der Waals surface area contributed by atoms with E-state index in [4.69, 9.17) is 10.5 Å². The highest BCUT2D eigenvalue weighted by Gasteiger charge is 2.50. The predicted molar refractivity (Wildman–Crippen MR) is 113 cm³/mol. The van der Waals surface area contributed by atoms with Gasteiger partial charge in [0.25, 0.3) is 11.8 Å². The van der Waals surface area contributed by atoms with E-state index in [2.05, 4.69) is 15.6 Å². The Labute approximate surface area is 178 Å². The standard InChI is InChI=1S/C20H25N5O4S/c1-25(2)19(28)14(10-12-6-4-3-5-7-12)24-18(27)16-15(29-16)17(26)22-9-8-13-11-30-20(21)23-13/h3-7,11,14-16H,8-10H2,1-2H3,(H2,21,23)(H,22,26)(H,24,27)/t14-,15?,16?/m0/s1. The smallest absolute Gasteiger partial charge is 0.253 e. The van der Waals surface area contributed by atoms with Crippen molar-refractivity contribution in [1.82, 2.24) is 20.5 Å². The quantitative estimate of drug-likeness (QED) is 0.478. The number of hydrogen-bond acceptors (Lipinski definition) is 7. The molecule has 0 radical (unpaired) electrons. The lowest BCUT2D eigenvalue weighted by Crippen LogP contribution is -2.49. The molecule has 0 spiro atoms. The largest absolute Gasteiger partial charge is 0.375 e. The highest BCUT2D eigenvalue weighted by Crippen LogP contribution is 2.23. The van der Waals surface area contributed by atoms with Crippen molar-refractivity contribution in [3.63, 3.8) is 0 Å². The van der Waals surface area contributed by atoms with Gasteiger partial charge in [-0.05, 0) is 5.56 Å². The first-order valence-corrected chi connectivity index (χ1v) is 10.4. The Morgan fingerprint density at radius 1 is 1.20 bits per heavy atom. The summed E-state index contributed by atoms with van der Waals surface area (Å²) in [5.74, 6) is -1.06. The summed E-state index contributed by atoms with van der Waals surface area (Å²) in [4.78, 5) is 42.8. The second-order valence-electron chi connectivity index (χ2n) is 7.18. The fourth-order valence-electron chi connectivity index (χ4n) is 2.98. The van der Waals surface area contributed by atoms with Gasteiger partial charge in [0, 0.05) is 38.9 Å². The van der Waals surface area contributed by atoms with E-state index < -0.39 is 24.2 Å². The van der Waals surface area contributed by atoms with E-state index in [1.165, 1.54) is 16.2 Å². The average molecular weight is 432 g/mol. The van der Waals surface area contributed by atoms with Crippen LogP contribution in [-0.2, 0) is 32.0 Å². The third-order valence-corrected chi connectivity index (χ3v) is 5.32. The molecule has 160 valence electrons. The minimum absolute atomic E-state index is 0.226. The molecule has 9 nitrogen and oxygen atoms in total. The number of carbonyl (C=O) groups excluding carboxylic acids is 3. The van der Waals surface area contributed by atoms with E-state index >= 15 is 0 Å². The van der Waals surface area contributed by atoms with Crippen molar-refractivity contribution < 1.29 is 19.1 Å². The third kappa shape index (κ3) is 5.77. The number of nitrogens with two attached hydrogens (primary N) is 1. The lowest BCUT2D eigenvalue weighted by molar-refractivity contribution is -0.134. The SMILES string of the molecule is CN(C)C(=O)[C@H](Cc1ccccc1)NC(=O)C1OC1C(=O)NCCc1csc(N)n1. The van der Waals surface area contributed by atoms with Gasteiger partial charge in [-0.3, -0.25) is 14.4 Å². The van der Waals surface area contributed by atoms with Crippen LogP contribution in [0.5, 0.6) is 0 Å². The number of carbonyl (C=O) groups is 3. The molecule has 0 bridgehead atoms. The van der Waals surface area contributed by atoms with Gasteiger partial charge in [0.2, 0.25) is 5.91 Å². The first kappa shape index (κ1) is 21.7. The van der Waals surface area contributed by atoms with E-state index in [1.54, 1.807) is 14.1 Å². The third-order valence-electron chi connectivity index (χ3n) is 4.60. The average Bonchev–Trinajstić information content (AvgIpc) is 3.43. The van der Waals surface area contributed by atoms with Gasteiger partial charge in [-0.15, -0.1) is 11.3 Å². The monoisotopic (exact) mass is 431 g/mol. The van der Waals surface area contributed by atoms with Crippen LogP contribution in [0, 0.1) is 0 Å². The van der Waals surface area contributed by atoms with Crippen LogP contribution in [0.1, 0.15) is 11.3 Å². The van der Waals surface area contributed by atoms with Crippen LogP contribution in [0.4, 0.5) is 5.13 Å². The molecule has 3 atom stereocenters. The zero-order chi connectivity index (χ0) is 21.7. The summed E-state index contributed by atoms with van der Waals surface area (Å²) in [6.45, 7) is 0.367. The van der Waals surface area contributed by atoms with Gasteiger partial charge in [0.05, 0.1) is 5.69 Å². The van der Waals surface area contributed by atoms with Crippen LogP contribution < -0.4 is 16.4 Å². The number of nitrogens with one attached hydrogen (secondary N) is 2. The Bertz CT molecular complexity index is 902. The molecule has 1 aliphatic rings. The number of epoxide rings is 1. The van der Waals surface area contributed by atoms with Gasteiger partial charge in [-0.25, -0.2) is 4.98 Å². The second kappa shape index (κ2) is 9.68. The number of benzene rings is 1. The van der Waals surface area contributed by atoms with Gasteiger partial charge in [-0.1, -0.05) is 30.3 Å². The summed E-state index contributed by atoms with van der Waals surface area (Å²) in [5.41, 5.74) is 7.30. The normalized spacial score (nSPS) is 18.3. The van der Waals surface area contributed by atoms with E-state index in [1.807, 2.05) is 35.7 Å². The lowest BCUT2D eigenvalue weighted by Gasteiger charge is -2.21. The van der Waals surface area contributed by atoms with Crippen molar-refractivity contribution in [2.75, 3.05) is 26.4 Å². The summed E-state index contributed by atoms with van der Waals surface area (Å²) < 4.78 is 5.26. The predicted octanol–water partition coefficient (Wildman–Crippen LogP) is -0.0329. The number of thiazole rings is 1. The maximum atomic E-state index is 12.5. The van der Waals surface area contributed by atoms with Crippen molar-refractivity contribution >= 4 is 34.2 Å². The zero-order valence-electron chi connectivity index (χ0n) is 16.8. The Balaban J connectivity index is 1.49. The Morgan fingerprint density at radius 3 is 2.53 bits per heavy atom. The van der Waals surface area contributed by atoms with Crippen LogP contribution in [-0.4, -0.2) is 66.5 Å². The van der Waals surface area contributed by atoms with Gasteiger partial charge < -0.3 is 26.0 Å². The van der Waals surface area contributed by atoms with Crippen LogP contribution in [0.15, 0.2) is 35.7 Å². The first-order chi connectivity index (χ1) is 14.3. The Morgan fingerprint density at radius 2 is 1.90 bits per heavy atom. The molecule has 30 heavy (non-hydrogen) atoms. The van der Waals surface area contributed by atoms with Crippen LogP contribution >= 0.6 is 11.3 Å². The molecular weight excluding hydrogens is 406 g/mol. The van der Waals surface area contributed by atoms with E-state index in [0.29, 0.717) is 24.5 Å². The molecule has 3 amide bonds. The molecule has 3 rings (SSSR count). The molecule has 1 saturated heterocycles. The van der Waals surface area contributed by atoms with Gasteiger partial charge in [-0.2, -0.15) is 0 Å². The highest BCUT2D eigenvalue weighted by atomic mass is 32.1. The molecule has 1 fully saturated rings. The number of likely N-dealkylation sites (N-methyl/N-ethyl adjacent to an activating group) is 1. The van der Waals surface area contributed by atoms with Crippen LogP contribution in [0.2, 0.25) is 0 Å². The zero-order valence-corrected chi connectivity index (χ0v) is 17.6. The first-order valence-electron chi connectivity index (χ1n) is 9.53. The van der Waals surface area contributed by atoms with Gasteiger partial charge in [0.1, 0.15) is 6.04 Å². The van der Waals surface area contributed by atoms with Crippen molar-refractivity contribution in [1.29, 1.82) is 0 Å². The molecular formula is C20H25N5O4S. The molecule has 0 saturated carbocycles. The van der Waals surface area contributed by atoms with Crippen LogP contribution in [0.3, 0.4) is 0 Å². The molecule has 2 heterocycles. The molecule has 0 aliphatic carbocycles. The summed E-state index contributed by atoms with van der Waals surface area (Å²) in [6, 6.07) is 8.68. The highest BCUT2D eigenvalue weighted by molar-refractivity contribution is 7.13. The fourth-order valence-corrected chi connectivity index (χ4v) is 3.58. The molecule has 1 aliphatic heterocycles. The van der Waals surface area contributed by atoms with Crippen molar-refractivity contribution in [2.45, 2.75) is 31.1 Å². The molecule has 4 N–H and O–H groups in total. The minimum atomic E-state index is -0.895. The maximum absolute atomic E-state index is 12.5. The van der Waals surface area contributed by atoms with E-state index in [-0.39, 0.29) is 11.8 Å². The number of ether oxygens (including phenoxy) is 1. The Hall–Kier alpha value is -2.98. The number of anilines is 1. The minimum Gasteiger partial charge on any atom is -0.375 e. The topological polar surface area (TPSA) is 130 Å². The number of rotatable bonds is 9. The fraction of sp³-hybridized carbons (Fsp3) is 0.400. The van der Waals surface area contributed by atoms with Gasteiger partial charge in [0.15, 0.2) is 17.3 Å². The molecule has 10 heteroatoms. The molecule has 1 aromatic carbocycles. The summed E-state index contributed by atoms with van der Waals surface area (Å²) in [7, 11) is 3.26. The number of aromatic nitrogens is 1. The Kier molecular flexibility index (Phi) is 7.01. The second-order valence-corrected chi connectivity index (χ2v) is 8.07. The molecule has 2 aromatic rings. The van der Waals surface area contributed by atoms with Gasteiger partial charge >= 0.3 is 0 Å². The van der Waals surface area contributed by atoms with Crippen molar-refractivity contribution in [2.24, 2.45) is 0 Å². The maximum Gasteiger partial charge on any atom is 0.253 e. The number of nitrogen functional groups attached to an aromatic ring is 1. The molecule has 1 aromatic heterocycles. The summed E-state index contributed by atoms with van der Waals surface area (Å²) in [6.07, 6.45) is -0.853. The van der Waals surface area contributed by atoms with Crippen LogP contribution in [0.25, 0.3) is 0 Å².